The Balaban J connectivity index is 2.48. The molecule has 0 aromatic heterocycles. The lowest BCUT2D eigenvalue weighted by molar-refractivity contribution is -0.144. The molecule has 0 spiro atoms. The highest BCUT2D eigenvalue weighted by atomic mass is 16.4. The Hall–Kier alpha value is -4.81. The first kappa shape index (κ1) is 37.4. The standard InChI is InChI=1S/C27H41N7O12/c1-12(2)7-16-27(46)34-6-4-5-17(34)25(44)33-22(13(3)35)26(45)32-15(9-21(40)41)24(43)31-14(8-20(38)39)23(42)29-10-18(36)28-11-19(37)30-16/h12-17,22,35H,4-11H2,1-3H3,(H,28,36)(H,29,42)(H,30,37)(H,31,43)(H,32,45)(H,33,44)(H,38,39)(H,40,41)/t13-,14+,15+,16+,17+,22+/m1/s1. The third kappa shape index (κ3) is 11.3. The number of hydrogen-bond donors (Lipinski definition) is 9. The summed E-state index contributed by atoms with van der Waals surface area (Å²) in [5, 5.41) is 42.3. The fourth-order valence-electron chi connectivity index (χ4n) is 4.93. The maximum Gasteiger partial charge on any atom is 0.305 e. The van der Waals surface area contributed by atoms with Crippen molar-refractivity contribution in [2.75, 3.05) is 19.6 Å². The molecule has 2 fully saturated rings. The summed E-state index contributed by atoms with van der Waals surface area (Å²) in [5.74, 6) is -9.89. The summed E-state index contributed by atoms with van der Waals surface area (Å²) in [6.45, 7) is 3.54. The Kier molecular flexibility index (Phi) is 13.8. The van der Waals surface area contributed by atoms with Crippen LogP contribution in [0.3, 0.4) is 0 Å². The van der Waals surface area contributed by atoms with Crippen molar-refractivity contribution in [1.82, 2.24) is 36.8 Å². The van der Waals surface area contributed by atoms with Crippen LogP contribution in [0.15, 0.2) is 0 Å². The Morgan fingerprint density at radius 2 is 1.30 bits per heavy atom. The Labute approximate surface area is 263 Å². The zero-order chi connectivity index (χ0) is 34.7. The van der Waals surface area contributed by atoms with Gasteiger partial charge in [0, 0.05) is 6.54 Å². The minimum absolute atomic E-state index is 0.0828. The molecule has 19 nitrogen and oxygen atoms in total. The first-order valence-electron chi connectivity index (χ1n) is 14.7. The van der Waals surface area contributed by atoms with E-state index >= 15 is 0 Å². The monoisotopic (exact) mass is 655 g/mol. The van der Waals surface area contributed by atoms with E-state index in [1.165, 1.54) is 4.90 Å². The summed E-state index contributed by atoms with van der Waals surface area (Å²) in [5.41, 5.74) is 0. The van der Waals surface area contributed by atoms with Crippen molar-refractivity contribution >= 4 is 53.3 Å². The number of aliphatic carboxylic acids is 2. The van der Waals surface area contributed by atoms with Crippen LogP contribution in [0.5, 0.6) is 0 Å². The van der Waals surface area contributed by atoms with Crippen LogP contribution in [0.1, 0.15) is 52.9 Å². The maximum atomic E-state index is 13.6. The second-order valence-electron chi connectivity index (χ2n) is 11.5. The van der Waals surface area contributed by atoms with Crippen LogP contribution < -0.4 is 31.9 Å². The Morgan fingerprint density at radius 3 is 1.87 bits per heavy atom. The molecule has 0 unspecified atom stereocenters. The van der Waals surface area contributed by atoms with Crippen molar-refractivity contribution in [1.29, 1.82) is 0 Å². The highest BCUT2D eigenvalue weighted by Crippen LogP contribution is 2.21. The molecule has 0 aliphatic carbocycles. The van der Waals surface area contributed by atoms with Gasteiger partial charge in [0.25, 0.3) is 0 Å². The Bertz CT molecular complexity index is 1220. The van der Waals surface area contributed by atoms with Crippen molar-refractivity contribution in [2.45, 2.75) is 89.2 Å². The molecule has 6 atom stereocenters. The first-order valence-corrected chi connectivity index (χ1v) is 14.7. The van der Waals surface area contributed by atoms with Gasteiger partial charge < -0.3 is 52.1 Å². The van der Waals surface area contributed by atoms with E-state index < -0.39 is 116 Å². The van der Waals surface area contributed by atoms with Crippen molar-refractivity contribution in [3.05, 3.63) is 0 Å². The Morgan fingerprint density at radius 1 is 0.739 bits per heavy atom. The number of nitrogens with one attached hydrogen (secondary N) is 6. The van der Waals surface area contributed by atoms with E-state index in [4.69, 9.17) is 0 Å². The molecule has 7 amide bonds. The summed E-state index contributed by atoms with van der Waals surface area (Å²) in [4.78, 5) is 115. The molecule has 0 aromatic rings. The van der Waals surface area contributed by atoms with Crippen LogP contribution in [0.25, 0.3) is 0 Å². The van der Waals surface area contributed by atoms with Crippen molar-refractivity contribution < 1.29 is 58.5 Å². The van der Waals surface area contributed by atoms with E-state index in [1.807, 2.05) is 5.32 Å². The summed E-state index contributed by atoms with van der Waals surface area (Å²) in [7, 11) is 0. The van der Waals surface area contributed by atoms with Crippen molar-refractivity contribution in [3.63, 3.8) is 0 Å². The fourth-order valence-corrected chi connectivity index (χ4v) is 4.93. The van der Waals surface area contributed by atoms with Crippen LogP contribution in [-0.2, 0) is 43.2 Å². The van der Waals surface area contributed by atoms with Gasteiger partial charge in [-0.1, -0.05) is 13.8 Å². The largest absolute Gasteiger partial charge is 0.481 e. The number of aliphatic hydroxyl groups excluding tert-OH is 1. The smallest absolute Gasteiger partial charge is 0.305 e. The molecule has 0 bridgehead atoms. The molecule has 2 aliphatic rings. The number of carbonyl (C=O) groups excluding carboxylic acids is 7. The van der Waals surface area contributed by atoms with E-state index in [2.05, 4.69) is 26.6 Å². The van der Waals surface area contributed by atoms with Gasteiger partial charge in [-0.3, -0.25) is 43.2 Å². The van der Waals surface area contributed by atoms with Crippen LogP contribution in [-0.4, -0.2) is 129 Å². The van der Waals surface area contributed by atoms with Crippen molar-refractivity contribution in [2.24, 2.45) is 5.92 Å². The molecule has 0 saturated carbocycles. The highest BCUT2D eigenvalue weighted by Gasteiger charge is 2.40. The van der Waals surface area contributed by atoms with Gasteiger partial charge in [-0.05, 0) is 32.1 Å². The van der Waals surface area contributed by atoms with E-state index in [0.717, 1.165) is 6.92 Å². The molecule has 2 heterocycles. The molecule has 46 heavy (non-hydrogen) atoms. The van der Waals surface area contributed by atoms with E-state index in [0.29, 0.717) is 6.42 Å². The topological polar surface area (TPSA) is 290 Å². The van der Waals surface area contributed by atoms with Crippen molar-refractivity contribution in [3.8, 4) is 0 Å². The van der Waals surface area contributed by atoms with Crippen LogP contribution in [0.4, 0.5) is 0 Å². The quantitative estimate of drug-likeness (QED) is 0.126. The molecule has 19 heteroatoms. The molecule has 0 aromatic carbocycles. The molecule has 256 valence electrons. The first-order chi connectivity index (χ1) is 21.5. The lowest BCUT2D eigenvalue weighted by atomic mass is 10.0. The second kappa shape index (κ2) is 17.0. The zero-order valence-electron chi connectivity index (χ0n) is 25.7. The highest BCUT2D eigenvalue weighted by molar-refractivity contribution is 5.99. The SMILES string of the molecule is CC(C)C[C@@H]1NC(=O)CNC(=O)CNC(=O)[C@H](CC(=O)O)NC(=O)[C@H](CC(=O)O)NC(=O)[C@H]([C@@H](C)O)NC(=O)[C@@H]2CCCN2C1=O. The number of carboxylic acids is 2. The number of rotatable bonds is 7. The van der Waals surface area contributed by atoms with Crippen LogP contribution >= 0.6 is 0 Å². The summed E-state index contributed by atoms with van der Waals surface area (Å²) < 4.78 is 0. The summed E-state index contributed by atoms with van der Waals surface area (Å²) >= 11 is 0. The lowest BCUT2D eigenvalue weighted by Gasteiger charge is -2.31. The summed E-state index contributed by atoms with van der Waals surface area (Å²) in [6, 6.07) is -7.65. The number of aliphatic hydroxyl groups is 1. The molecule has 9 N–H and O–H groups in total. The fraction of sp³-hybridized carbons (Fsp3) is 0.667. The van der Waals surface area contributed by atoms with Gasteiger partial charge in [-0.25, -0.2) is 0 Å². The van der Waals surface area contributed by atoms with Crippen LogP contribution in [0, 0.1) is 5.92 Å². The zero-order valence-corrected chi connectivity index (χ0v) is 25.7. The number of nitrogens with zero attached hydrogens (tertiary/aromatic N) is 1. The molecular formula is C27H41N7O12. The molecule has 2 saturated heterocycles. The van der Waals surface area contributed by atoms with Gasteiger partial charge in [0.15, 0.2) is 0 Å². The van der Waals surface area contributed by atoms with Gasteiger partial charge in [0.05, 0.1) is 32.0 Å². The number of carbonyl (C=O) groups is 9. The average molecular weight is 656 g/mol. The van der Waals surface area contributed by atoms with E-state index in [9.17, 15) is 58.5 Å². The molecule has 2 aliphatic heterocycles. The predicted octanol–water partition coefficient (Wildman–Crippen LogP) is -4.46. The third-order valence-electron chi connectivity index (χ3n) is 7.13. The van der Waals surface area contributed by atoms with Gasteiger partial charge in [0.2, 0.25) is 41.4 Å². The van der Waals surface area contributed by atoms with Crippen LogP contribution in [0.2, 0.25) is 0 Å². The third-order valence-corrected chi connectivity index (χ3v) is 7.13. The van der Waals surface area contributed by atoms with E-state index in [-0.39, 0.29) is 25.3 Å². The van der Waals surface area contributed by atoms with Gasteiger partial charge in [0.1, 0.15) is 30.2 Å². The number of carboxylic acid groups (broad SMARTS) is 2. The molecular weight excluding hydrogens is 614 g/mol. The number of fused-ring (bicyclic) bond motifs is 1. The normalized spacial score (nSPS) is 26.8. The molecule has 2 rings (SSSR count). The minimum atomic E-state index is -1.90. The van der Waals surface area contributed by atoms with E-state index in [1.54, 1.807) is 13.8 Å². The van der Waals surface area contributed by atoms with Gasteiger partial charge >= 0.3 is 11.9 Å². The lowest BCUT2D eigenvalue weighted by Crippen LogP contribution is -2.61. The number of amides is 7. The second-order valence-corrected chi connectivity index (χ2v) is 11.5. The van der Waals surface area contributed by atoms with Gasteiger partial charge in [-0.2, -0.15) is 0 Å². The number of hydrogen-bond acceptors (Lipinski definition) is 10. The van der Waals surface area contributed by atoms with Gasteiger partial charge in [-0.15, -0.1) is 0 Å². The maximum absolute atomic E-state index is 13.6. The molecule has 0 radical (unpaired) electrons. The minimum Gasteiger partial charge on any atom is -0.481 e. The average Bonchev–Trinajstić information content (AvgIpc) is 3.44. The predicted molar refractivity (Wildman–Crippen MR) is 154 cm³/mol. The summed E-state index contributed by atoms with van der Waals surface area (Å²) in [6.07, 6.45) is -2.85.